The fourth-order valence-electron chi connectivity index (χ4n) is 6.26. The van der Waals surface area contributed by atoms with Crippen LogP contribution in [0.2, 0.25) is 0 Å². The lowest BCUT2D eigenvalue weighted by Crippen LogP contribution is -2.37. The molecule has 0 aromatic carbocycles. The van der Waals surface area contributed by atoms with Crippen LogP contribution in [0.25, 0.3) is 0 Å². The molecule has 0 aromatic heterocycles. The second-order valence-corrected chi connectivity index (χ2v) is 18.6. The van der Waals surface area contributed by atoms with Crippen molar-refractivity contribution in [3.05, 3.63) is 60.8 Å². The number of phosphoric ester groups is 1. The topological polar surface area (TPSA) is 108 Å². The van der Waals surface area contributed by atoms with Gasteiger partial charge in [0, 0.05) is 12.8 Å². The number of rotatable bonds is 43. The molecule has 0 aromatic rings. The quantitative estimate of drug-likeness (QED) is 0.0212. The third kappa shape index (κ3) is 45.2. The van der Waals surface area contributed by atoms with Crippen LogP contribution in [0.3, 0.4) is 0 Å². The van der Waals surface area contributed by atoms with Crippen molar-refractivity contribution < 1.29 is 42.1 Å². The van der Waals surface area contributed by atoms with Crippen molar-refractivity contribution in [2.45, 2.75) is 200 Å². The van der Waals surface area contributed by atoms with E-state index < -0.39 is 32.5 Å². The highest BCUT2D eigenvalue weighted by Crippen LogP contribution is 2.43. The third-order valence-corrected chi connectivity index (χ3v) is 11.0. The molecule has 2 atom stereocenters. The van der Waals surface area contributed by atoms with E-state index in [2.05, 4.69) is 68.5 Å². The number of hydrogen-bond donors (Lipinski definition) is 1. The summed E-state index contributed by atoms with van der Waals surface area (Å²) in [7, 11) is 1.42. The van der Waals surface area contributed by atoms with Crippen LogP contribution < -0.4 is 0 Å². The van der Waals surface area contributed by atoms with Gasteiger partial charge in [-0.15, -0.1) is 0 Å². The van der Waals surface area contributed by atoms with Gasteiger partial charge in [-0.25, -0.2) is 4.57 Å². The van der Waals surface area contributed by atoms with Gasteiger partial charge >= 0.3 is 19.8 Å². The Labute approximate surface area is 368 Å². The Morgan fingerprint density at radius 3 is 1.42 bits per heavy atom. The SMILES string of the molecule is CCCCCCCCC/C=C/C/C=C/C/C=C/C/C=C/CCCC(=O)OC[C@@H](COP(=O)(O)OCC[N+](C)(C)C)OC(=O)CC/C=C/CCCCCCCCCCCCC. The molecule has 0 radical (unpaired) electrons. The minimum Gasteiger partial charge on any atom is -0.462 e. The predicted octanol–water partition coefficient (Wildman–Crippen LogP) is 14.0. The second-order valence-electron chi connectivity index (χ2n) is 17.1. The lowest BCUT2D eigenvalue weighted by molar-refractivity contribution is -0.870. The van der Waals surface area contributed by atoms with Crippen molar-refractivity contribution in [2.24, 2.45) is 0 Å². The van der Waals surface area contributed by atoms with Gasteiger partial charge in [-0.2, -0.15) is 0 Å². The summed E-state index contributed by atoms with van der Waals surface area (Å²) >= 11 is 0. The van der Waals surface area contributed by atoms with E-state index in [0.29, 0.717) is 23.9 Å². The molecule has 9 nitrogen and oxygen atoms in total. The average Bonchev–Trinajstić information content (AvgIpc) is 3.20. The Bertz CT molecular complexity index is 1210. The van der Waals surface area contributed by atoms with E-state index in [1.807, 2.05) is 27.2 Å². The van der Waals surface area contributed by atoms with Crippen LogP contribution in [0.15, 0.2) is 60.8 Å². The summed E-state index contributed by atoms with van der Waals surface area (Å²) in [5.74, 6) is -0.921. The number of esters is 2. The van der Waals surface area contributed by atoms with Gasteiger partial charge in [-0.05, 0) is 64.2 Å². The Morgan fingerprint density at radius 2 is 0.933 bits per heavy atom. The van der Waals surface area contributed by atoms with Crippen molar-refractivity contribution in [3.63, 3.8) is 0 Å². The summed E-state index contributed by atoms with van der Waals surface area (Å²) in [5, 5.41) is 0. The first-order valence-electron chi connectivity index (χ1n) is 24.0. The number of quaternary nitrogens is 1. The van der Waals surface area contributed by atoms with Gasteiger partial charge in [-0.1, -0.05) is 177 Å². The van der Waals surface area contributed by atoms with Crippen molar-refractivity contribution >= 4 is 19.8 Å². The van der Waals surface area contributed by atoms with Crippen LogP contribution in [0.4, 0.5) is 0 Å². The number of allylic oxidation sites excluding steroid dienone is 10. The van der Waals surface area contributed by atoms with E-state index in [1.54, 1.807) is 0 Å². The number of unbranched alkanes of at least 4 members (excludes halogenated alkanes) is 19. The molecule has 1 N–H and O–H groups in total. The smallest absolute Gasteiger partial charge is 0.462 e. The fraction of sp³-hybridized carbons (Fsp3) is 0.760. The summed E-state index contributed by atoms with van der Waals surface area (Å²) in [4.78, 5) is 35.4. The number of carbonyl (C=O) groups excluding carboxylic acids is 2. The second kappa shape index (κ2) is 42.0. The first kappa shape index (κ1) is 57.7. The van der Waals surface area contributed by atoms with Crippen LogP contribution >= 0.6 is 7.82 Å². The molecule has 0 amide bonds. The first-order valence-corrected chi connectivity index (χ1v) is 25.5. The number of phosphoric acid groups is 1. The minimum absolute atomic E-state index is 0.0157. The Morgan fingerprint density at radius 1 is 0.517 bits per heavy atom. The van der Waals surface area contributed by atoms with Gasteiger partial charge in [0.05, 0.1) is 27.7 Å². The summed E-state index contributed by atoms with van der Waals surface area (Å²) in [5.41, 5.74) is 0. The first-order chi connectivity index (χ1) is 29.0. The molecule has 0 aliphatic carbocycles. The summed E-state index contributed by atoms with van der Waals surface area (Å²) in [6, 6.07) is 0. The standard InChI is InChI=1S/C50H90NO8P/c1-6-8-10-12-14-16-18-20-22-23-24-25-26-27-29-30-32-34-36-38-40-42-49(52)56-46-48(47-58-60(54,55)57-45-44-51(3,4)5)59-50(53)43-41-39-37-35-33-31-28-21-19-17-15-13-11-9-7-2/h22-23,25-26,29-30,34,36-37,39,48H,6-21,24,27-28,31-33,35,38,40-47H2,1-5H3/p+1/b23-22+,26-25+,30-29+,36-34+,39-37+/t48-/m0/s1. The molecule has 60 heavy (non-hydrogen) atoms. The molecular formula is C50H91NO8P+. The average molecular weight is 865 g/mol. The molecule has 0 heterocycles. The van der Waals surface area contributed by atoms with E-state index in [-0.39, 0.29) is 26.1 Å². The van der Waals surface area contributed by atoms with E-state index in [4.69, 9.17) is 18.5 Å². The van der Waals surface area contributed by atoms with Gasteiger partial charge in [0.2, 0.25) is 0 Å². The molecule has 0 aliphatic rings. The third-order valence-electron chi connectivity index (χ3n) is 10.0. The van der Waals surface area contributed by atoms with Gasteiger partial charge in [-0.3, -0.25) is 18.6 Å². The van der Waals surface area contributed by atoms with E-state index >= 15 is 0 Å². The van der Waals surface area contributed by atoms with Crippen molar-refractivity contribution in [3.8, 4) is 0 Å². The minimum atomic E-state index is -4.40. The van der Waals surface area contributed by atoms with Gasteiger partial charge in [0.25, 0.3) is 0 Å². The van der Waals surface area contributed by atoms with E-state index in [1.165, 1.54) is 116 Å². The zero-order valence-corrected chi connectivity index (χ0v) is 40.1. The molecule has 1 unspecified atom stereocenters. The Kier molecular flexibility index (Phi) is 40.4. The number of nitrogens with zero attached hydrogens (tertiary/aromatic N) is 1. The molecule has 0 fully saturated rings. The molecule has 0 bridgehead atoms. The zero-order valence-electron chi connectivity index (χ0n) is 39.2. The van der Waals surface area contributed by atoms with Crippen LogP contribution in [0.5, 0.6) is 0 Å². The normalized spacial score (nSPS) is 14.0. The molecular weight excluding hydrogens is 774 g/mol. The summed E-state index contributed by atoms with van der Waals surface area (Å²) in [6.45, 7) is 4.32. The number of carbonyl (C=O) groups is 2. The maximum atomic E-state index is 12.7. The van der Waals surface area contributed by atoms with Gasteiger partial charge < -0.3 is 18.9 Å². The number of hydrogen-bond acceptors (Lipinski definition) is 7. The van der Waals surface area contributed by atoms with Crippen LogP contribution in [0, 0.1) is 0 Å². The Hall–Kier alpha value is -2.29. The highest BCUT2D eigenvalue weighted by Gasteiger charge is 2.27. The molecule has 10 heteroatoms. The summed E-state index contributed by atoms with van der Waals surface area (Å²) in [6.07, 6.45) is 51.5. The van der Waals surface area contributed by atoms with Crippen molar-refractivity contribution in [2.75, 3.05) is 47.5 Å². The number of ether oxygens (including phenoxy) is 2. The molecule has 0 saturated heterocycles. The molecule has 0 rings (SSSR count). The van der Waals surface area contributed by atoms with Gasteiger partial charge in [0.1, 0.15) is 19.8 Å². The van der Waals surface area contributed by atoms with E-state index in [0.717, 1.165) is 38.5 Å². The molecule has 0 spiro atoms. The highest BCUT2D eigenvalue weighted by atomic mass is 31.2. The number of likely N-dealkylation sites (N-methyl/N-ethyl adjacent to an activating group) is 1. The summed E-state index contributed by atoms with van der Waals surface area (Å²) < 4.78 is 34.2. The lowest BCUT2D eigenvalue weighted by atomic mass is 10.1. The van der Waals surface area contributed by atoms with Crippen molar-refractivity contribution in [1.82, 2.24) is 0 Å². The van der Waals surface area contributed by atoms with Crippen LogP contribution in [0.1, 0.15) is 194 Å². The lowest BCUT2D eigenvalue weighted by Gasteiger charge is -2.24. The Balaban J connectivity index is 4.43. The van der Waals surface area contributed by atoms with E-state index in [9.17, 15) is 19.0 Å². The maximum absolute atomic E-state index is 12.7. The zero-order chi connectivity index (χ0) is 44.3. The highest BCUT2D eigenvalue weighted by molar-refractivity contribution is 7.47. The predicted molar refractivity (Wildman–Crippen MR) is 252 cm³/mol. The molecule has 0 aliphatic heterocycles. The fourth-order valence-corrected chi connectivity index (χ4v) is 7.00. The van der Waals surface area contributed by atoms with Crippen LogP contribution in [-0.4, -0.2) is 74.9 Å². The molecule has 348 valence electrons. The maximum Gasteiger partial charge on any atom is 0.472 e. The van der Waals surface area contributed by atoms with Gasteiger partial charge in [0.15, 0.2) is 6.10 Å². The molecule has 0 saturated carbocycles. The largest absolute Gasteiger partial charge is 0.472 e. The van der Waals surface area contributed by atoms with Crippen LogP contribution in [-0.2, 0) is 32.7 Å². The van der Waals surface area contributed by atoms with Crippen molar-refractivity contribution in [1.29, 1.82) is 0 Å². The monoisotopic (exact) mass is 865 g/mol.